The van der Waals surface area contributed by atoms with Crippen LogP contribution in [0.4, 0.5) is 4.39 Å². The first-order valence-electron chi connectivity index (χ1n) is 8.91. The molecule has 2 nitrogen and oxygen atoms in total. The maximum absolute atomic E-state index is 13.7. The lowest BCUT2D eigenvalue weighted by molar-refractivity contribution is 0.132. The molecule has 2 aromatic carbocycles. The average molecular weight is 361 g/mol. The SMILES string of the molecule is CC(C)(C)[Si](OC(CF)CCCO)(c1ccccc1)c1ccccc1. The van der Waals surface area contributed by atoms with E-state index in [1.165, 1.54) is 0 Å². The second-order valence-electron chi connectivity index (χ2n) is 7.42. The van der Waals surface area contributed by atoms with Gasteiger partial charge in [0.15, 0.2) is 0 Å². The van der Waals surface area contributed by atoms with Crippen molar-refractivity contribution in [3.05, 3.63) is 60.7 Å². The molecule has 0 aromatic heterocycles. The quantitative estimate of drug-likeness (QED) is 0.728. The van der Waals surface area contributed by atoms with Gasteiger partial charge in [-0.3, -0.25) is 0 Å². The van der Waals surface area contributed by atoms with Crippen molar-refractivity contribution >= 4 is 18.7 Å². The van der Waals surface area contributed by atoms with Crippen LogP contribution < -0.4 is 10.4 Å². The Morgan fingerprint density at radius 2 is 1.44 bits per heavy atom. The van der Waals surface area contributed by atoms with Crippen LogP contribution >= 0.6 is 0 Å². The standard InChI is InChI=1S/C21H29FO2Si/c1-21(2,3)25(19-12-6-4-7-13-19,20-14-8-5-9-15-20)24-18(17-22)11-10-16-23/h4-9,12-15,18,23H,10-11,16-17H2,1-3H3. The highest BCUT2D eigenvalue weighted by molar-refractivity contribution is 6.99. The first-order chi connectivity index (χ1) is 12.0. The summed E-state index contributed by atoms with van der Waals surface area (Å²) in [7, 11) is -2.70. The minimum Gasteiger partial charge on any atom is -0.402 e. The molecule has 4 heteroatoms. The molecule has 2 rings (SSSR count). The van der Waals surface area contributed by atoms with Gasteiger partial charge in [0.1, 0.15) is 6.67 Å². The number of hydrogen-bond acceptors (Lipinski definition) is 2. The van der Waals surface area contributed by atoms with Crippen LogP contribution in [0.3, 0.4) is 0 Å². The fraction of sp³-hybridized carbons (Fsp3) is 0.429. The molecule has 0 aliphatic heterocycles. The highest BCUT2D eigenvalue weighted by Gasteiger charge is 2.51. The van der Waals surface area contributed by atoms with Gasteiger partial charge in [-0.2, -0.15) is 0 Å². The van der Waals surface area contributed by atoms with Crippen molar-refractivity contribution in [2.45, 2.75) is 44.8 Å². The molecule has 1 N–H and O–H groups in total. The van der Waals surface area contributed by atoms with Crippen LogP contribution in [-0.4, -0.2) is 32.8 Å². The number of aliphatic hydroxyl groups excluding tert-OH is 1. The van der Waals surface area contributed by atoms with E-state index in [0.717, 1.165) is 10.4 Å². The van der Waals surface area contributed by atoms with Crippen molar-refractivity contribution in [1.82, 2.24) is 0 Å². The topological polar surface area (TPSA) is 29.5 Å². The zero-order chi connectivity index (χ0) is 18.3. The Kier molecular flexibility index (Phi) is 6.93. The van der Waals surface area contributed by atoms with E-state index in [9.17, 15) is 4.39 Å². The van der Waals surface area contributed by atoms with Gasteiger partial charge in [0.05, 0.1) is 6.10 Å². The zero-order valence-electron chi connectivity index (χ0n) is 15.4. The molecule has 1 unspecified atom stereocenters. The van der Waals surface area contributed by atoms with Gasteiger partial charge < -0.3 is 9.53 Å². The molecule has 0 bridgehead atoms. The lowest BCUT2D eigenvalue weighted by Crippen LogP contribution is -2.67. The largest absolute Gasteiger partial charge is 0.402 e. The normalized spacial score (nSPS) is 13.6. The van der Waals surface area contributed by atoms with E-state index in [1.807, 2.05) is 36.4 Å². The Balaban J connectivity index is 2.60. The van der Waals surface area contributed by atoms with Gasteiger partial charge in [0.25, 0.3) is 8.32 Å². The molecule has 0 fully saturated rings. The summed E-state index contributed by atoms with van der Waals surface area (Å²) < 4.78 is 20.4. The Morgan fingerprint density at radius 3 is 1.80 bits per heavy atom. The van der Waals surface area contributed by atoms with Crippen molar-refractivity contribution in [3.63, 3.8) is 0 Å². The second kappa shape index (κ2) is 8.74. The summed E-state index contributed by atoms with van der Waals surface area (Å²) in [5.41, 5.74) is 0. The number of alkyl halides is 1. The molecule has 0 saturated carbocycles. The molecule has 0 heterocycles. The fourth-order valence-corrected chi connectivity index (χ4v) is 8.12. The van der Waals surface area contributed by atoms with E-state index in [0.29, 0.717) is 12.8 Å². The van der Waals surface area contributed by atoms with Crippen LogP contribution in [-0.2, 0) is 4.43 Å². The summed E-state index contributed by atoms with van der Waals surface area (Å²) >= 11 is 0. The van der Waals surface area contributed by atoms with Crippen molar-refractivity contribution in [1.29, 1.82) is 0 Å². The molecule has 0 aliphatic rings. The molecule has 2 aromatic rings. The molecule has 25 heavy (non-hydrogen) atoms. The molecule has 0 amide bonds. The predicted octanol–water partition coefficient (Wildman–Crippen LogP) is 3.67. The minimum absolute atomic E-state index is 0.0562. The fourth-order valence-electron chi connectivity index (χ4n) is 3.43. The van der Waals surface area contributed by atoms with E-state index in [1.54, 1.807) is 0 Å². The van der Waals surface area contributed by atoms with Crippen molar-refractivity contribution in [3.8, 4) is 0 Å². The first-order valence-corrected chi connectivity index (χ1v) is 10.8. The van der Waals surface area contributed by atoms with Gasteiger partial charge in [0, 0.05) is 6.61 Å². The van der Waals surface area contributed by atoms with Crippen LogP contribution in [0.5, 0.6) is 0 Å². The molecule has 0 spiro atoms. The molecular formula is C21H29FO2Si. The van der Waals surface area contributed by atoms with Crippen LogP contribution in [0.1, 0.15) is 33.6 Å². The number of rotatable bonds is 8. The zero-order valence-corrected chi connectivity index (χ0v) is 16.4. The number of aliphatic hydroxyl groups is 1. The van der Waals surface area contributed by atoms with Gasteiger partial charge >= 0.3 is 0 Å². The van der Waals surface area contributed by atoms with E-state index < -0.39 is 21.1 Å². The molecule has 136 valence electrons. The van der Waals surface area contributed by atoms with Crippen molar-refractivity contribution in [2.24, 2.45) is 0 Å². The molecule has 1 atom stereocenters. The lowest BCUT2D eigenvalue weighted by Gasteiger charge is -2.44. The van der Waals surface area contributed by atoms with Gasteiger partial charge in [-0.15, -0.1) is 0 Å². The van der Waals surface area contributed by atoms with Gasteiger partial charge in [0.2, 0.25) is 0 Å². The van der Waals surface area contributed by atoms with E-state index in [-0.39, 0.29) is 11.6 Å². The third-order valence-electron chi connectivity index (χ3n) is 4.62. The first kappa shape index (κ1) is 19.8. The summed E-state index contributed by atoms with van der Waals surface area (Å²) in [6.07, 6.45) is 0.572. The third-order valence-corrected chi connectivity index (χ3v) is 9.71. The Labute approximate surface area is 151 Å². The summed E-state index contributed by atoms with van der Waals surface area (Å²) in [6.45, 7) is 6.06. The van der Waals surface area contributed by atoms with Crippen molar-refractivity contribution < 1.29 is 13.9 Å². The third kappa shape index (κ3) is 4.38. The minimum atomic E-state index is -2.70. The van der Waals surface area contributed by atoms with Crippen LogP contribution in [0.2, 0.25) is 5.04 Å². The number of halogens is 1. The molecule has 0 aliphatic carbocycles. The second-order valence-corrected chi connectivity index (χ2v) is 11.7. The average Bonchev–Trinajstić information content (AvgIpc) is 2.62. The Bertz CT molecular complexity index is 586. The Morgan fingerprint density at radius 1 is 0.960 bits per heavy atom. The van der Waals surface area contributed by atoms with E-state index in [4.69, 9.17) is 9.53 Å². The van der Waals surface area contributed by atoms with Gasteiger partial charge in [-0.25, -0.2) is 4.39 Å². The van der Waals surface area contributed by atoms with Gasteiger partial charge in [-0.1, -0.05) is 81.4 Å². The molecule has 0 radical (unpaired) electrons. The van der Waals surface area contributed by atoms with E-state index >= 15 is 0 Å². The van der Waals surface area contributed by atoms with Crippen LogP contribution in [0.15, 0.2) is 60.7 Å². The smallest absolute Gasteiger partial charge is 0.261 e. The van der Waals surface area contributed by atoms with Crippen molar-refractivity contribution in [2.75, 3.05) is 13.3 Å². The summed E-state index contributed by atoms with van der Waals surface area (Å²) in [4.78, 5) is 0. The Hall–Kier alpha value is -1.49. The number of hydrogen-bond donors (Lipinski definition) is 1. The maximum atomic E-state index is 13.7. The summed E-state index contributed by atoms with van der Waals surface area (Å²) in [5.74, 6) is 0. The monoisotopic (exact) mass is 360 g/mol. The van der Waals surface area contributed by atoms with E-state index in [2.05, 4.69) is 45.0 Å². The summed E-state index contributed by atoms with van der Waals surface area (Å²) in [5, 5.41) is 11.3. The number of benzene rings is 2. The molecular weight excluding hydrogens is 331 g/mol. The van der Waals surface area contributed by atoms with Gasteiger partial charge in [-0.05, 0) is 28.3 Å². The summed E-state index contributed by atoms with van der Waals surface area (Å²) in [6, 6.07) is 20.5. The highest BCUT2D eigenvalue weighted by atomic mass is 28.4. The highest BCUT2D eigenvalue weighted by Crippen LogP contribution is 2.37. The predicted molar refractivity (Wildman–Crippen MR) is 105 cm³/mol. The maximum Gasteiger partial charge on any atom is 0.261 e. The van der Waals surface area contributed by atoms with Crippen LogP contribution in [0.25, 0.3) is 0 Å². The lowest BCUT2D eigenvalue weighted by atomic mass is 10.2. The molecule has 0 saturated heterocycles. The van der Waals surface area contributed by atoms with Crippen LogP contribution in [0, 0.1) is 0 Å².